The van der Waals surface area contributed by atoms with Crippen molar-refractivity contribution < 1.29 is 45.2 Å². The van der Waals surface area contributed by atoms with E-state index in [0.717, 1.165) is 0 Å². The van der Waals surface area contributed by atoms with E-state index in [9.17, 15) is 35.9 Å². The minimum atomic E-state index is -6.44. The van der Waals surface area contributed by atoms with Crippen molar-refractivity contribution in [3.63, 3.8) is 0 Å². The molecule has 122 valence electrons. The molecule has 6 nitrogen and oxygen atoms in total. The summed E-state index contributed by atoms with van der Waals surface area (Å²) in [6, 6.07) is 0. The molecule has 0 aliphatic heterocycles. The Morgan fingerprint density at radius 1 is 1.14 bits per heavy atom. The molecule has 2 fully saturated rings. The summed E-state index contributed by atoms with van der Waals surface area (Å²) in [5.41, 5.74) is 0. The van der Waals surface area contributed by atoms with Crippen molar-refractivity contribution in [2.24, 2.45) is 11.8 Å². The number of ether oxygens (including phenoxy) is 1. The van der Waals surface area contributed by atoms with Crippen LogP contribution in [0.5, 0.6) is 0 Å². The van der Waals surface area contributed by atoms with Crippen LogP contribution in [0, 0.1) is 11.8 Å². The van der Waals surface area contributed by atoms with E-state index in [4.69, 9.17) is 4.55 Å². The van der Waals surface area contributed by atoms with Gasteiger partial charge in [0.1, 0.15) is 6.10 Å². The third-order valence-electron chi connectivity index (χ3n) is 4.02. The standard InChI is InChI=1S/C10H12F4O6S/c11-9(10(12,13)14,21(17,18)19)8(16)20-7-5-2-1-4(3-5)6(7)15/h4-7,15H,1-3H2,(H,17,18,19). The van der Waals surface area contributed by atoms with Crippen LogP contribution in [0.25, 0.3) is 0 Å². The van der Waals surface area contributed by atoms with Crippen LogP contribution < -0.4 is 0 Å². The molecule has 5 atom stereocenters. The molecule has 0 aromatic heterocycles. The van der Waals surface area contributed by atoms with Gasteiger partial charge in [0.25, 0.3) is 0 Å². The predicted octanol–water partition coefficient (Wildman–Crippen LogP) is 0.805. The minimum Gasteiger partial charge on any atom is -0.456 e. The Balaban J connectivity index is 2.25. The highest BCUT2D eigenvalue weighted by Gasteiger charge is 2.73. The number of fused-ring (bicyclic) bond motifs is 2. The van der Waals surface area contributed by atoms with Crippen molar-refractivity contribution in [3.8, 4) is 0 Å². The van der Waals surface area contributed by atoms with Crippen LogP contribution in [-0.4, -0.2) is 47.4 Å². The lowest BCUT2D eigenvalue weighted by atomic mass is 9.95. The van der Waals surface area contributed by atoms with Gasteiger partial charge in [-0.3, -0.25) is 4.55 Å². The monoisotopic (exact) mass is 336 g/mol. The highest BCUT2D eigenvalue weighted by molar-refractivity contribution is 7.88. The van der Waals surface area contributed by atoms with Gasteiger partial charge < -0.3 is 9.84 Å². The van der Waals surface area contributed by atoms with E-state index in [1.165, 1.54) is 0 Å². The SMILES string of the molecule is O=C(OC1C2CCC(C2)C1O)C(F)(C(F)(F)F)S(=O)(=O)O. The summed E-state index contributed by atoms with van der Waals surface area (Å²) in [5.74, 6) is -3.51. The van der Waals surface area contributed by atoms with Gasteiger partial charge in [-0.15, -0.1) is 0 Å². The second-order valence-corrected chi connectivity index (χ2v) is 6.77. The second-order valence-electron chi connectivity index (χ2n) is 5.26. The molecule has 21 heavy (non-hydrogen) atoms. The van der Waals surface area contributed by atoms with Crippen molar-refractivity contribution in [1.82, 2.24) is 0 Å². The first-order valence-corrected chi connectivity index (χ1v) is 7.45. The molecule has 5 unspecified atom stereocenters. The highest BCUT2D eigenvalue weighted by Crippen LogP contribution is 2.47. The van der Waals surface area contributed by atoms with Gasteiger partial charge in [-0.25, -0.2) is 9.18 Å². The molecule has 0 amide bonds. The third kappa shape index (κ3) is 2.40. The molecule has 2 aliphatic rings. The molecule has 0 aromatic carbocycles. The molecular weight excluding hydrogens is 324 g/mol. The average molecular weight is 336 g/mol. The van der Waals surface area contributed by atoms with Crippen LogP contribution in [-0.2, 0) is 19.6 Å². The van der Waals surface area contributed by atoms with Crippen molar-refractivity contribution in [2.75, 3.05) is 0 Å². The lowest BCUT2D eigenvalue weighted by Crippen LogP contribution is -2.56. The zero-order valence-electron chi connectivity index (χ0n) is 10.4. The predicted molar refractivity (Wildman–Crippen MR) is 58.2 cm³/mol. The average Bonchev–Trinajstić information content (AvgIpc) is 2.88. The fraction of sp³-hybridized carbons (Fsp3) is 0.900. The lowest BCUT2D eigenvalue weighted by molar-refractivity contribution is -0.221. The van der Waals surface area contributed by atoms with Gasteiger partial charge >= 0.3 is 27.3 Å². The maximum atomic E-state index is 13.7. The summed E-state index contributed by atoms with van der Waals surface area (Å²) in [6.07, 6.45) is -7.42. The number of rotatable bonds is 3. The molecule has 0 spiro atoms. The number of carbonyl (C=O) groups is 1. The first kappa shape index (κ1) is 16.4. The Bertz CT molecular complexity index is 544. The number of carbonyl (C=O) groups excluding carboxylic acids is 1. The number of halogens is 4. The van der Waals surface area contributed by atoms with Gasteiger partial charge in [-0.05, 0) is 31.1 Å². The Kier molecular flexibility index (Phi) is 3.74. The first-order chi connectivity index (χ1) is 9.39. The van der Waals surface area contributed by atoms with E-state index in [2.05, 4.69) is 4.74 Å². The maximum Gasteiger partial charge on any atom is 0.451 e. The van der Waals surface area contributed by atoms with E-state index in [-0.39, 0.29) is 5.92 Å². The molecule has 2 saturated carbocycles. The van der Waals surface area contributed by atoms with Crippen molar-refractivity contribution in [1.29, 1.82) is 0 Å². The van der Waals surface area contributed by atoms with Crippen LogP contribution in [0.15, 0.2) is 0 Å². The Labute approximate surface area is 116 Å². The molecule has 2 aliphatic carbocycles. The van der Waals surface area contributed by atoms with Gasteiger partial charge in [-0.1, -0.05) is 0 Å². The molecule has 2 bridgehead atoms. The molecule has 0 radical (unpaired) electrons. The zero-order chi connectivity index (χ0) is 16.2. The van der Waals surface area contributed by atoms with Gasteiger partial charge in [0.15, 0.2) is 0 Å². The molecule has 0 saturated heterocycles. The quantitative estimate of drug-likeness (QED) is 0.449. The number of aliphatic hydroxyl groups is 1. The zero-order valence-corrected chi connectivity index (χ0v) is 11.2. The van der Waals surface area contributed by atoms with E-state index >= 15 is 0 Å². The molecule has 2 rings (SSSR count). The number of esters is 1. The lowest BCUT2D eigenvalue weighted by Gasteiger charge is -2.30. The van der Waals surface area contributed by atoms with E-state index in [1.807, 2.05) is 0 Å². The van der Waals surface area contributed by atoms with Crippen LogP contribution in [0.3, 0.4) is 0 Å². The van der Waals surface area contributed by atoms with Crippen molar-refractivity contribution >= 4 is 16.1 Å². The molecule has 0 aromatic rings. The number of alkyl halides is 4. The summed E-state index contributed by atoms with van der Waals surface area (Å²) in [4.78, 5) is 11.4. The largest absolute Gasteiger partial charge is 0.456 e. The van der Waals surface area contributed by atoms with E-state index in [0.29, 0.717) is 19.3 Å². The van der Waals surface area contributed by atoms with Crippen LogP contribution in [0.2, 0.25) is 0 Å². The summed E-state index contributed by atoms with van der Waals surface area (Å²) in [6.45, 7) is 0. The Hall–Kier alpha value is -0.940. The fourth-order valence-corrected chi connectivity index (χ4v) is 3.49. The van der Waals surface area contributed by atoms with Crippen molar-refractivity contribution in [2.45, 2.75) is 42.6 Å². The molecule has 11 heteroatoms. The Morgan fingerprint density at radius 2 is 1.67 bits per heavy atom. The van der Waals surface area contributed by atoms with E-state index in [1.54, 1.807) is 0 Å². The normalized spacial score (nSPS) is 35.5. The van der Waals surface area contributed by atoms with Crippen LogP contribution in [0.1, 0.15) is 19.3 Å². The number of aliphatic hydroxyl groups excluding tert-OH is 1. The fourth-order valence-electron chi connectivity index (χ4n) is 2.94. The van der Waals surface area contributed by atoms with Gasteiger partial charge in [0, 0.05) is 0 Å². The van der Waals surface area contributed by atoms with Crippen LogP contribution in [0.4, 0.5) is 17.6 Å². The second kappa shape index (κ2) is 4.78. The van der Waals surface area contributed by atoms with Gasteiger partial charge in [0.05, 0.1) is 6.10 Å². The third-order valence-corrected chi connectivity index (χ3v) is 5.13. The topological polar surface area (TPSA) is 101 Å². The molecular formula is C10H12F4O6S. The maximum absolute atomic E-state index is 13.7. The highest BCUT2D eigenvalue weighted by atomic mass is 32.2. The number of hydrogen-bond donors (Lipinski definition) is 2. The molecule has 2 N–H and O–H groups in total. The summed E-state index contributed by atoms with van der Waals surface area (Å²) < 4.78 is 85.3. The van der Waals surface area contributed by atoms with E-state index < -0.39 is 45.4 Å². The summed E-state index contributed by atoms with van der Waals surface area (Å²) in [5, 5.41) is 4.14. The van der Waals surface area contributed by atoms with Gasteiger partial charge in [0.2, 0.25) is 0 Å². The minimum absolute atomic E-state index is 0.279. The first-order valence-electron chi connectivity index (χ1n) is 6.01. The van der Waals surface area contributed by atoms with Crippen LogP contribution >= 0.6 is 0 Å². The van der Waals surface area contributed by atoms with Crippen molar-refractivity contribution in [3.05, 3.63) is 0 Å². The smallest absolute Gasteiger partial charge is 0.451 e. The molecule has 0 heterocycles. The Morgan fingerprint density at radius 3 is 2.05 bits per heavy atom. The summed E-state index contributed by atoms with van der Waals surface area (Å²) >= 11 is 0. The summed E-state index contributed by atoms with van der Waals surface area (Å²) in [7, 11) is -6.44. The number of hydrogen-bond acceptors (Lipinski definition) is 5. The van der Waals surface area contributed by atoms with Gasteiger partial charge in [-0.2, -0.15) is 21.6 Å².